The first-order chi connectivity index (χ1) is 53.9. The van der Waals surface area contributed by atoms with Crippen molar-refractivity contribution in [1.29, 1.82) is 0 Å². The van der Waals surface area contributed by atoms with E-state index in [0.717, 1.165) is 169 Å². The van der Waals surface area contributed by atoms with Crippen LogP contribution in [0.15, 0.2) is 176 Å². The average molecular weight is 1640 g/mol. The summed E-state index contributed by atoms with van der Waals surface area (Å²) in [6, 6.07) is 38.4. The van der Waals surface area contributed by atoms with Crippen molar-refractivity contribution in [2.24, 2.45) is 0 Å². The fraction of sp³-hybridized carbons (Fsp3) is 0.333. The van der Waals surface area contributed by atoms with Gasteiger partial charge >= 0.3 is 0 Å². The van der Waals surface area contributed by atoms with Gasteiger partial charge in [-0.05, 0) is 182 Å². The summed E-state index contributed by atoms with van der Waals surface area (Å²) < 4.78 is 11.5. The summed E-state index contributed by atoms with van der Waals surface area (Å²) in [6.45, 7) is 1.13. The number of nitrogens with two attached hydrogens (primary N) is 1. The van der Waals surface area contributed by atoms with Gasteiger partial charge in [-0.15, -0.1) is 0 Å². The minimum absolute atomic E-state index is 0.0105. The number of fused-ring (bicyclic) bond motifs is 8. The second-order valence-corrected chi connectivity index (χ2v) is 31.6. The molecule has 7 N–H and O–H groups in total. The summed E-state index contributed by atoms with van der Waals surface area (Å²) in [6.07, 6.45) is 34.1. The first-order valence-corrected chi connectivity index (χ1v) is 39.9. The summed E-state index contributed by atoms with van der Waals surface area (Å²) >= 11 is 29.6. The van der Waals surface area contributed by atoms with Crippen LogP contribution >= 0.6 is 62.3 Å². The number of carbonyl (C=O) groups excluding carboxylic acids is 4. The normalized spacial score (nSPS) is 17.4. The molecule has 10 aromatic rings. The van der Waals surface area contributed by atoms with Gasteiger partial charge in [-0.25, -0.2) is 39.9 Å². The highest BCUT2D eigenvalue weighted by atomic mass is 79.9. The highest BCUT2D eigenvalue weighted by Crippen LogP contribution is 2.55. The number of methoxy groups -OCH3 is 2. The van der Waals surface area contributed by atoms with Gasteiger partial charge in [0, 0.05) is 59.4 Å². The van der Waals surface area contributed by atoms with Crippen molar-refractivity contribution in [3.05, 3.63) is 252 Å². The van der Waals surface area contributed by atoms with Crippen LogP contribution in [0.3, 0.4) is 0 Å². The molecule has 8 aliphatic rings. The minimum atomic E-state index is -0.336. The highest BCUT2D eigenvalue weighted by molar-refractivity contribution is 9.10. The number of benzene rings is 6. The van der Waals surface area contributed by atoms with Crippen molar-refractivity contribution in [3.63, 3.8) is 0 Å². The topological polar surface area (TPSA) is 283 Å². The SMILES string of the molecule is COc1ccc(CN2C(=O)c3c(Cl)cc(Br)cc3C23CCCCC3)cc1.COc1ccc(CN2C(=O)c3c(Cl)cc(Nc4ccncn4)cc3C23CCCCC3)cc1.Nc1ccncn1.O=C1NC2(CCCCC2)c2cc(Nc3ccncn3)cc(Cl)c21.O=C1NC2(CCCCC2)c2cc(Nc3ccncn3)cc(Cl)c21. The smallest absolute Gasteiger partial charge is 0.256 e. The van der Waals surface area contributed by atoms with Gasteiger partial charge in [-0.1, -0.05) is 164 Å². The molecule has 4 saturated carbocycles. The number of rotatable bonds is 12. The van der Waals surface area contributed by atoms with Crippen LogP contribution in [0.4, 0.5) is 40.3 Å². The molecule has 4 spiro atoms. The Kier molecular flexibility index (Phi) is 24.0. The van der Waals surface area contributed by atoms with E-state index in [1.807, 2.05) is 77.7 Å². The van der Waals surface area contributed by atoms with E-state index in [4.69, 9.17) is 61.6 Å². The molecule has 4 amide bonds. The van der Waals surface area contributed by atoms with Crippen LogP contribution in [0.1, 0.15) is 203 Å². The second kappa shape index (κ2) is 34.3. The van der Waals surface area contributed by atoms with E-state index >= 15 is 0 Å². The lowest BCUT2D eigenvalue weighted by atomic mass is 9.76. The third kappa shape index (κ3) is 16.7. The predicted octanol–water partition coefficient (Wildman–Crippen LogP) is 19.2. The lowest BCUT2D eigenvalue weighted by Crippen LogP contribution is -2.44. The predicted molar refractivity (Wildman–Crippen MR) is 436 cm³/mol. The van der Waals surface area contributed by atoms with E-state index < -0.39 is 0 Å². The Morgan fingerprint density at radius 2 is 0.748 bits per heavy atom. The summed E-state index contributed by atoms with van der Waals surface area (Å²) in [5, 5.41) is 18.2. The van der Waals surface area contributed by atoms with Crippen LogP contribution in [-0.4, -0.2) is 87.5 Å². The fourth-order valence-corrected chi connectivity index (χ4v) is 19.0. The van der Waals surface area contributed by atoms with Crippen LogP contribution < -0.4 is 41.8 Å². The zero-order chi connectivity index (χ0) is 77.3. The molecule has 0 bridgehead atoms. The van der Waals surface area contributed by atoms with E-state index in [0.29, 0.717) is 78.7 Å². The quantitative estimate of drug-likeness (QED) is 0.0663. The highest BCUT2D eigenvalue weighted by Gasteiger charge is 2.53. The molecule has 0 radical (unpaired) electrons. The van der Waals surface area contributed by atoms with Gasteiger partial charge in [-0.3, -0.25) is 19.2 Å². The number of hydrogen-bond acceptors (Lipinski definition) is 18. The minimum Gasteiger partial charge on any atom is -0.497 e. The third-order valence-electron chi connectivity index (χ3n) is 22.4. The lowest BCUT2D eigenvalue weighted by molar-refractivity contribution is 0.0380. The lowest BCUT2D eigenvalue weighted by Gasteiger charge is -2.42. The molecule has 4 aliphatic heterocycles. The fourth-order valence-electron chi connectivity index (χ4n) is 17.2. The molecule has 27 heteroatoms. The van der Waals surface area contributed by atoms with Crippen molar-refractivity contribution >= 4 is 126 Å². The Morgan fingerprint density at radius 1 is 0.414 bits per heavy atom. The molecule has 4 fully saturated rings. The Labute approximate surface area is 673 Å². The zero-order valence-corrected chi connectivity index (χ0v) is 66.2. The molecule has 6 aromatic carbocycles. The largest absolute Gasteiger partial charge is 0.497 e. The van der Waals surface area contributed by atoms with Crippen LogP contribution in [0.2, 0.25) is 20.1 Å². The van der Waals surface area contributed by atoms with Gasteiger partial charge < -0.3 is 51.6 Å². The molecule has 0 unspecified atom stereocenters. The first-order valence-electron chi connectivity index (χ1n) is 37.6. The maximum absolute atomic E-state index is 13.7. The molecular weight excluding hydrogens is 1550 g/mol. The van der Waals surface area contributed by atoms with Crippen molar-refractivity contribution < 1.29 is 28.7 Å². The summed E-state index contributed by atoms with van der Waals surface area (Å²) in [7, 11) is 3.31. The maximum atomic E-state index is 13.7. The van der Waals surface area contributed by atoms with E-state index in [2.05, 4.69) is 99.4 Å². The van der Waals surface area contributed by atoms with Gasteiger partial charge in [0.2, 0.25) is 0 Å². The number of hydrogen-bond donors (Lipinski definition) is 6. The van der Waals surface area contributed by atoms with E-state index in [1.54, 1.807) is 75.4 Å². The van der Waals surface area contributed by atoms with E-state index in [1.165, 1.54) is 51.0 Å². The van der Waals surface area contributed by atoms with Gasteiger partial charge in [0.1, 0.15) is 60.1 Å². The van der Waals surface area contributed by atoms with Crippen molar-refractivity contribution in [3.8, 4) is 11.5 Å². The molecule has 0 atom stereocenters. The standard InChI is InChI=1S/C25H25ClN4O2.C21H21BrClNO2.2C17H17ClN4O.C4H5N3/c1-32-19-7-5-17(6-8-19)15-30-24(31)23-20(25(30)10-3-2-4-11-25)13-18(14-21(23)26)29-22-9-12-27-16-28-22;1-26-16-7-5-14(6-8-16)13-24-20(25)19-17(11-15(22)12-18(19)23)21(24)9-3-2-4-10-21;2*18-13-9-11(21-14-4-7-19-10-20-14)8-12-15(13)16(23)22-17(12)5-2-1-3-6-17;5-4-1-2-6-3-7-4/h5-9,12-14,16H,2-4,10-11,15H2,1H3,(H,27,28,29);5-8,11-12H,2-4,9-10,13H2,1H3;2*4,7-10H,1-3,5-6H2,(H,22,23)(H,19,20,21);1-3H,(H2,5,6,7). The Hall–Kier alpha value is -10.0. The van der Waals surface area contributed by atoms with Crippen LogP contribution in [0.5, 0.6) is 11.5 Å². The van der Waals surface area contributed by atoms with Gasteiger partial charge in [-0.2, -0.15) is 0 Å². The van der Waals surface area contributed by atoms with E-state index in [-0.39, 0.29) is 45.8 Å². The number of aromatic nitrogens is 8. The molecule has 8 heterocycles. The van der Waals surface area contributed by atoms with Gasteiger partial charge in [0.15, 0.2) is 0 Å². The van der Waals surface area contributed by atoms with Crippen LogP contribution in [-0.2, 0) is 35.2 Å². The van der Waals surface area contributed by atoms with Crippen LogP contribution in [0.25, 0.3) is 0 Å². The molecule has 4 aromatic heterocycles. The third-order valence-corrected chi connectivity index (χ3v) is 24.1. The molecule has 4 aliphatic carbocycles. The number of carbonyl (C=O) groups is 4. The Bertz CT molecular complexity index is 4870. The number of nitrogen functional groups attached to an aromatic ring is 1. The van der Waals surface area contributed by atoms with E-state index in [9.17, 15) is 19.2 Å². The number of halogens is 5. The van der Waals surface area contributed by atoms with Crippen LogP contribution in [0, 0.1) is 0 Å². The number of ether oxygens (including phenoxy) is 2. The number of anilines is 7. The van der Waals surface area contributed by atoms with Crippen molar-refractivity contribution in [1.82, 2.24) is 60.3 Å². The molecule has 111 heavy (non-hydrogen) atoms. The molecule has 572 valence electrons. The summed E-state index contributed by atoms with van der Waals surface area (Å²) in [4.78, 5) is 87.5. The van der Waals surface area contributed by atoms with Gasteiger partial charge in [0.25, 0.3) is 23.6 Å². The molecular formula is C84H85BrCl4N16O6. The molecule has 18 rings (SSSR count). The average Bonchev–Trinajstić information content (AvgIpc) is 1.57. The number of nitrogens with zero attached hydrogens (tertiary/aromatic N) is 10. The number of amides is 4. The summed E-state index contributed by atoms with van der Waals surface area (Å²) in [5.41, 5.74) is 15.6. The zero-order valence-electron chi connectivity index (χ0n) is 61.6. The monoisotopic (exact) mass is 1630 g/mol. The molecule has 22 nitrogen and oxygen atoms in total. The van der Waals surface area contributed by atoms with Crippen molar-refractivity contribution in [2.45, 2.75) is 164 Å². The Morgan fingerprint density at radius 3 is 1.08 bits per heavy atom. The van der Waals surface area contributed by atoms with Gasteiger partial charge in [0.05, 0.1) is 78.7 Å². The second-order valence-electron chi connectivity index (χ2n) is 29.1. The first kappa shape index (κ1) is 77.7. The number of nitrogens with one attached hydrogen (secondary N) is 5. The Balaban J connectivity index is 0.000000120. The summed E-state index contributed by atoms with van der Waals surface area (Å²) in [5.74, 6) is 4.18. The molecule has 0 saturated heterocycles. The maximum Gasteiger partial charge on any atom is 0.256 e. The van der Waals surface area contributed by atoms with Crippen molar-refractivity contribution in [2.75, 3.05) is 35.9 Å².